The molecule has 5 nitrogen and oxygen atoms in total. The number of hydrogen-bond donors (Lipinski definition) is 0. The highest BCUT2D eigenvalue weighted by Crippen LogP contribution is 2.23. The van der Waals surface area contributed by atoms with Crippen molar-refractivity contribution in [3.05, 3.63) is 29.3 Å². The number of aryl methyl sites for hydroxylation is 2. The normalized spacial score (nSPS) is 13.1. The number of carboxylic acids is 1. The van der Waals surface area contributed by atoms with E-state index in [4.69, 9.17) is 0 Å². The molecule has 0 amide bonds. The third-order valence-electron chi connectivity index (χ3n) is 2.80. The maximum absolute atomic E-state index is 11.7. The zero-order valence-corrected chi connectivity index (χ0v) is 11.6. The Morgan fingerprint density at radius 3 is 2.22 bits per heavy atom. The molecule has 18 heavy (non-hydrogen) atoms. The van der Waals surface area contributed by atoms with E-state index in [1.54, 1.807) is 18.2 Å². The van der Waals surface area contributed by atoms with Crippen LogP contribution in [0, 0.1) is 13.8 Å². The molecule has 0 aromatic heterocycles. The SMILES string of the molecule is Cc1ccc(N([C@@H](C)C(=O)[O-])S(C)(=O)=O)cc1C. The van der Waals surface area contributed by atoms with Crippen molar-refractivity contribution in [2.24, 2.45) is 0 Å². The second-order valence-electron chi connectivity index (χ2n) is 4.32. The largest absolute Gasteiger partial charge is 0.548 e. The molecule has 1 aromatic carbocycles. The van der Waals surface area contributed by atoms with Gasteiger partial charge in [-0.3, -0.25) is 4.31 Å². The van der Waals surface area contributed by atoms with Crippen LogP contribution in [0.5, 0.6) is 0 Å². The summed E-state index contributed by atoms with van der Waals surface area (Å²) in [6.45, 7) is 5.01. The Morgan fingerprint density at radius 1 is 1.28 bits per heavy atom. The summed E-state index contributed by atoms with van der Waals surface area (Å²) in [5.74, 6) is -1.43. The topological polar surface area (TPSA) is 77.5 Å². The Kier molecular flexibility index (Phi) is 4.01. The minimum Gasteiger partial charge on any atom is -0.548 e. The fourth-order valence-electron chi connectivity index (χ4n) is 1.66. The van der Waals surface area contributed by atoms with Gasteiger partial charge < -0.3 is 9.90 Å². The Balaban J connectivity index is 3.36. The molecular formula is C12H16NO4S-. The molecule has 0 unspecified atom stereocenters. The van der Waals surface area contributed by atoms with Crippen LogP contribution < -0.4 is 9.41 Å². The Hall–Kier alpha value is -1.56. The van der Waals surface area contributed by atoms with Gasteiger partial charge in [-0.05, 0) is 44.0 Å². The van der Waals surface area contributed by atoms with Gasteiger partial charge in [0.15, 0.2) is 0 Å². The zero-order valence-electron chi connectivity index (χ0n) is 10.8. The van der Waals surface area contributed by atoms with Crippen LogP contribution in [0.15, 0.2) is 18.2 Å². The number of nitrogens with zero attached hydrogens (tertiary/aromatic N) is 1. The van der Waals surface area contributed by atoms with E-state index >= 15 is 0 Å². The van der Waals surface area contributed by atoms with Gasteiger partial charge >= 0.3 is 0 Å². The number of carbonyl (C=O) groups is 1. The highest BCUT2D eigenvalue weighted by molar-refractivity contribution is 7.92. The van der Waals surface area contributed by atoms with E-state index < -0.39 is 22.0 Å². The van der Waals surface area contributed by atoms with Crippen molar-refractivity contribution in [3.8, 4) is 0 Å². The highest BCUT2D eigenvalue weighted by Gasteiger charge is 2.24. The van der Waals surface area contributed by atoms with Crippen LogP contribution in [0.2, 0.25) is 0 Å². The quantitative estimate of drug-likeness (QED) is 0.783. The number of anilines is 1. The monoisotopic (exact) mass is 270 g/mol. The molecule has 0 radical (unpaired) electrons. The molecule has 0 spiro atoms. The van der Waals surface area contributed by atoms with Gasteiger partial charge in [0.25, 0.3) is 0 Å². The standard InChI is InChI=1S/C12H17NO4S/c1-8-5-6-11(7-9(8)2)13(18(4,16)17)10(3)12(14)15/h5-7,10H,1-4H3,(H,14,15)/p-1/t10-/m0/s1. The van der Waals surface area contributed by atoms with E-state index in [2.05, 4.69) is 0 Å². The molecule has 0 aliphatic carbocycles. The Bertz CT molecular complexity index is 565. The average Bonchev–Trinajstić information content (AvgIpc) is 2.21. The van der Waals surface area contributed by atoms with Crippen molar-refractivity contribution < 1.29 is 18.3 Å². The molecular weight excluding hydrogens is 254 g/mol. The van der Waals surface area contributed by atoms with Gasteiger partial charge in [0.2, 0.25) is 10.0 Å². The summed E-state index contributed by atoms with van der Waals surface area (Å²) in [6.07, 6.45) is 0.974. The Morgan fingerprint density at radius 2 is 1.83 bits per heavy atom. The summed E-state index contributed by atoms with van der Waals surface area (Å²) in [5, 5.41) is 10.9. The second-order valence-corrected chi connectivity index (χ2v) is 6.18. The summed E-state index contributed by atoms with van der Waals surface area (Å²) in [4.78, 5) is 10.9. The zero-order chi connectivity index (χ0) is 14.1. The van der Waals surface area contributed by atoms with Gasteiger partial charge in [-0.2, -0.15) is 0 Å². The third-order valence-corrected chi connectivity index (χ3v) is 4.04. The van der Waals surface area contributed by atoms with E-state index in [0.29, 0.717) is 5.69 Å². The first kappa shape index (κ1) is 14.5. The molecule has 1 atom stereocenters. The lowest BCUT2D eigenvalue weighted by Crippen LogP contribution is -2.48. The predicted molar refractivity (Wildman–Crippen MR) is 67.7 cm³/mol. The van der Waals surface area contributed by atoms with E-state index in [1.807, 2.05) is 13.8 Å². The Labute approximate surface area is 107 Å². The maximum Gasteiger partial charge on any atom is 0.232 e. The smallest absolute Gasteiger partial charge is 0.232 e. The summed E-state index contributed by atoms with van der Waals surface area (Å²) < 4.78 is 24.3. The molecule has 0 saturated heterocycles. The number of carbonyl (C=O) groups excluding carboxylic acids is 1. The van der Waals surface area contributed by atoms with Crippen LogP contribution in [-0.4, -0.2) is 26.7 Å². The van der Waals surface area contributed by atoms with Crippen molar-refractivity contribution in [2.75, 3.05) is 10.6 Å². The van der Waals surface area contributed by atoms with Gasteiger partial charge in [-0.1, -0.05) is 6.07 Å². The van der Waals surface area contributed by atoms with Crippen molar-refractivity contribution in [2.45, 2.75) is 26.8 Å². The van der Waals surface area contributed by atoms with Crippen molar-refractivity contribution >= 4 is 21.7 Å². The first-order valence-corrected chi connectivity index (χ1v) is 7.27. The van der Waals surface area contributed by atoms with Crippen LogP contribution in [0.4, 0.5) is 5.69 Å². The summed E-state index contributed by atoms with van der Waals surface area (Å²) in [6, 6.07) is 3.74. The predicted octanol–water partition coefficient (Wildman–Crippen LogP) is 0.208. The van der Waals surface area contributed by atoms with E-state index in [0.717, 1.165) is 21.7 Å². The van der Waals surface area contributed by atoms with Crippen molar-refractivity contribution in [1.29, 1.82) is 0 Å². The number of sulfonamides is 1. The van der Waals surface area contributed by atoms with E-state index in [-0.39, 0.29) is 0 Å². The van der Waals surface area contributed by atoms with Crippen molar-refractivity contribution in [3.63, 3.8) is 0 Å². The van der Waals surface area contributed by atoms with Crippen molar-refractivity contribution in [1.82, 2.24) is 0 Å². The molecule has 0 heterocycles. The van der Waals surface area contributed by atoms with Crippen LogP contribution in [0.25, 0.3) is 0 Å². The molecule has 1 aromatic rings. The third kappa shape index (κ3) is 3.01. The van der Waals surface area contributed by atoms with Crippen LogP contribution in [-0.2, 0) is 14.8 Å². The minimum atomic E-state index is -3.68. The fourth-order valence-corrected chi connectivity index (χ4v) is 2.82. The summed E-state index contributed by atoms with van der Waals surface area (Å²) >= 11 is 0. The molecule has 6 heteroatoms. The number of aliphatic carboxylic acids is 1. The summed E-state index contributed by atoms with van der Waals surface area (Å²) in [5.41, 5.74) is 2.23. The van der Waals surface area contributed by atoms with Gasteiger partial charge in [0, 0.05) is 0 Å². The number of rotatable bonds is 4. The summed E-state index contributed by atoms with van der Waals surface area (Å²) in [7, 11) is -3.68. The minimum absolute atomic E-state index is 0.331. The van der Waals surface area contributed by atoms with Gasteiger partial charge in [0.1, 0.15) is 0 Å². The molecule has 0 aliphatic heterocycles. The van der Waals surface area contributed by atoms with Gasteiger partial charge in [-0.15, -0.1) is 0 Å². The second kappa shape index (κ2) is 4.97. The molecule has 0 fully saturated rings. The molecule has 0 saturated carbocycles. The van der Waals surface area contributed by atoms with E-state index in [9.17, 15) is 18.3 Å². The fraction of sp³-hybridized carbons (Fsp3) is 0.417. The highest BCUT2D eigenvalue weighted by atomic mass is 32.2. The van der Waals surface area contributed by atoms with Crippen LogP contribution >= 0.6 is 0 Å². The number of carboxylic acid groups (broad SMARTS) is 1. The van der Waals surface area contributed by atoms with E-state index in [1.165, 1.54) is 6.92 Å². The molecule has 0 N–H and O–H groups in total. The molecule has 0 aliphatic rings. The van der Waals surface area contributed by atoms with Gasteiger partial charge in [0.05, 0.1) is 24.0 Å². The lowest BCUT2D eigenvalue weighted by atomic mass is 10.1. The molecule has 100 valence electrons. The molecule has 0 bridgehead atoms. The van der Waals surface area contributed by atoms with Gasteiger partial charge in [-0.25, -0.2) is 8.42 Å². The first-order valence-electron chi connectivity index (χ1n) is 5.42. The van der Waals surface area contributed by atoms with Crippen LogP contribution in [0.3, 0.4) is 0 Å². The molecule has 1 rings (SSSR count). The first-order chi connectivity index (χ1) is 8.14. The van der Waals surface area contributed by atoms with Crippen LogP contribution in [0.1, 0.15) is 18.1 Å². The lowest BCUT2D eigenvalue weighted by Gasteiger charge is -2.30. The number of benzene rings is 1. The maximum atomic E-state index is 11.7. The lowest BCUT2D eigenvalue weighted by molar-refractivity contribution is -0.306. The number of hydrogen-bond acceptors (Lipinski definition) is 4. The average molecular weight is 270 g/mol.